The molecule has 2 aliphatic rings. The summed E-state index contributed by atoms with van der Waals surface area (Å²) in [6.45, 7) is 6.35. The predicted octanol–water partition coefficient (Wildman–Crippen LogP) is 3.62. The summed E-state index contributed by atoms with van der Waals surface area (Å²) in [7, 11) is 0. The summed E-state index contributed by atoms with van der Waals surface area (Å²) in [6.07, 6.45) is 5.22. The number of hydrogen-bond acceptors (Lipinski definition) is 2. The normalized spacial score (nSPS) is 34.8. The van der Waals surface area contributed by atoms with Crippen molar-refractivity contribution in [2.45, 2.75) is 52.9 Å². The lowest BCUT2D eigenvalue weighted by molar-refractivity contribution is -0.127. The number of ketones is 1. The minimum atomic E-state index is -0.325. The molecule has 90 valence electrons. The van der Waals surface area contributed by atoms with Crippen molar-refractivity contribution in [1.29, 1.82) is 0 Å². The van der Waals surface area contributed by atoms with Crippen LogP contribution in [0.15, 0.2) is 11.3 Å². The van der Waals surface area contributed by atoms with Gasteiger partial charge in [0, 0.05) is 5.41 Å². The van der Waals surface area contributed by atoms with Gasteiger partial charge in [-0.05, 0) is 43.1 Å². The second-order valence-electron chi connectivity index (χ2n) is 6.02. The average molecular weight is 222 g/mol. The third-order valence-electron chi connectivity index (χ3n) is 4.25. The fourth-order valence-corrected chi connectivity index (χ4v) is 3.66. The topological polar surface area (TPSA) is 37.3 Å². The summed E-state index contributed by atoms with van der Waals surface area (Å²) < 4.78 is 0. The van der Waals surface area contributed by atoms with E-state index in [0.717, 1.165) is 31.3 Å². The van der Waals surface area contributed by atoms with Crippen LogP contribution in [0.4, 0.5) is 0 Å². The first kappa shape index (κ1) is 11.7. The molecule has 2 heteroatoms. The second-order valence-corrected chi connectivity index (χ2v) is 6.02. The number of carbonyl (C=O) groups is 1. The molecule has 0 radical (unpaired) electrons. The fraction of sp³-hybridized carbons (Fsp3) is 0.786. The van der Waals surface area contributed by atoms with E-state index in [1.165, 1.54) is 6.42 Å². The first-order chi connectivity index (χ1) is 7.47. The molecule has 0 saturated heterocycles. The molecular weight excluding hydrogens is 200 g/mol. The van der Waals surface area contributed by atoms with Gasteiger partial charge in [-0.15, -0.1) is 0 Å². The monoisotopic (exact) mass is 222 g/mol. The first-order valence-electron chi connectivity index (χ1n) is 6.43. The number of fused-ring (bicyclic) bond motifs is 1. The molecule has 0 aromatic heterocycles. The van der Waals surface area contributed by atoms with Crippen molar-refractivity contribution in [3.8, 4) is 0 Å². The van der Waals surface area contributed by atoms with Crippen LogP contribution in [-0.4, -0.2) is 10.9 Å². The summed E-state index contributed by atoms with van der Waals surface area (Å²) in [6, 6.07) is 0. The molecule has 1 fully saturated rings. The molecule has 2 nitrogen and oxygen atoms in total. The van der Waals surface area contributed by atoms with Gasteiger partial charge in [-0.3, -0.25) is 4.79 Å². The molecule has 1 saturated carbocycles. The maximum atomic E-state index is 12.2. The van der Waals surface area contributed by atoms with E-state index in [4.69, 9.17) is 0 Å². The Bertz CT molecular complexity index is 341. The van der Waals surface area contributed by atoms with Gasteiger partial charge in [-0.2, -0.15) is 0 Å². The molecule has 0 bridgehead atoms. The summed E-state index contributed by atoms with van der Waals surface area (Å²) in [5.74, 6) is 0.926. The molecule has 2 aliphatic carbocycles. The van der Waals surface area contributed by atoms with Gasteiger partial charge in [0.15, 0.2) is 5.76 Å². The highest BCUT2D eigenvalue weighted by Crippen LogP contribution is 2.52. The van der Waals surface area contributed by atoms with Gasteiger partial charge >= 0.3 is 0 Å². The Morgan fingerprint density at radius 3 is 2.75 bits per heavy atom. The van der Waals surface area contributed by atoms with E-state index in [2.05, 4.69) is 20.8 Å². The predicted molar refractivity (Wildman–Crippen MR) is 64.2 cm³/mol. The van der Waals surface area contributed by atoms with Gasteiger partial charge in [-0.1, -0.05) is 27.2 Å². The van der Waals surface area contributed by atoms with Crippen LogP contribution >= 0.6 is 0 Å². The summed E-state index contributed by atoms with van der Waals surface area (Å²) in [5, 5.41) is 9.97. The lowest BCUT2D eigenvalue weighted by Crippen LogP contribution is -2.34. The Balaban J connectivity index is 2.32. The molecule has 1 N–H and O–H groups in total. The molecule has 0 aromatic rings. The van der Waals surface area contributed by atoms with E-state index in [1.54, 1.807) is 0 Å². The third-order valence-corrected chi connectivity index (χ3v) is 4.25. The Morgan fingerprint density at radius 1 is 1.44 bits per heavy atom. The third kappa shape index (κ3) is 1.59. The van der Waals surface area contributed by atoms with Crippen LogP contribution < -0.4 is 0 Å². The zero-order chi connectivity index (χ0) is 11.9. The number of hydrogen-bond donors (Lipinski definition) is 1. The number of aliphatic hydroxyl groups is 1. The largest absolute Gasteiger partial charge is 0.504 e. The first-order valence-corrected chi connectivity index (χ1v) is 6.43. The van der Waals surface area contributed by atoms with Crippen molar-refractivity contribution in [3.05, 3.63) is 11.3 Å². The molecule has 0 unspecified atom stereocenters. The van der Waals surface area contributed by atoms with E-state index in [0.29, 0.717) is 11.8 Å². The summed E-state index contributed by atoms with van der Waals surface area (Å²) in [5.41, 5.74) is 0.730. The number of rotatable bonds is 2. The number of carbonyl (C=O) groups excluding carboxylic acids is 1. The van der Waals surface area contributed by atoms with Crippen molar-refractivity contribution in [3.63, 3.8) is 0 Å². The fourth-order valence-electron chi connectivity index (χ4n) is 3.66. The van der Waals surface area contributed by atoms with Crippen LogP contribution in [0, 0.1) is 17.3 Å². The highest BCUT2D eigenvalue weighted by atomic mass is 16.3. The smallest absolute Gasteiger partial charge is 0.203 e. The molecule has 0 aliphatic heterocycles. The molecule has 0 amide bonds. The van der Waals surface area contributed by atoms with E-state index >= 15 is 0 Å². The van der Waals surface area contributed by atoms with Crippen molar-refractivity contribution in [2.24, 2.45) is 17.3 Å². The van der Waals surface area contributed by atoms with Gasteiger partial charge in [-0.25, -0.2) is 0 Å². The zero-order valence-electron chi connectivity index (χ0n) is 10.5. The van der Waals surface area contributed by atoms with Gasteiger partial charge in [0.05, 0.1) is 0 Å². The molecule has 0 heterocycles. The average Bonchev–Trinajstić information content (AvgIpc) is 2.42. The minimum Gasteiger partial charge on any atom is -0.504 e. The molecule has 2 rings (SSSR count). The van der Waals surface area contributed by atoms with Gasteiger partial charge in [0.1, 0.15) is 0 Å². The Kier molecular flexibility index (Phi) is 2.85. The molecule has 2 atom stereocenters. The summed E-state index contributed by atoms with van der Waals surface area (Å²) >= 11 is 0. The molecule has 0 aromatic carbocycles. The molecule has 16 heavy (non-hydrogen) atoms. The van der Waals surface area contributed by atoms with Crippen molar-refractivity contribution in [2.75, 3.05) is 0 Å². The van der Waals surface area contributed by atoms with E-state index in [-0.39, 0.29) is 17.0 Å². The van der Waals surface area contributed by atoms with E-state index in [1.807, 2.05) is 0 Å². The number of Topliss-reactive ketones (excluding diaryl/α,β-unsaturated/α-hetero) is 1. The van der Waals surface area contributed by atoms with Gasteiger partial charge in [0.25, 0.3) is 0 Å². The summed E-state index contributed by atoms with van der Waals surface area (Å²) in [4.78, 5) is 12.2. The lowest BCUT2D eigenvalue weighted by atomic mass is 9.67. The van der Waals surface area contributed by atoms with Crippen LogP contribution in [0.1, 0.15) is 52.9 Å². The standard InChI is InChI=1S/C14H22O2/c1-9(2)8-14(3)11-7-5-4-6-10(11)12(15)13(14)16/h9,11,15H,4-8H2,1-3H3/t11-,14+/m1/s1. The van der Waals surface area contributed by atoms with E-state index in [9.17, 15) is 9.90 Å². The van der Waals surface area contributed by atoms with Crippen LogP contribution in [0.5, 0.6) is 0 Å². The van der Waals surface area contributed by atoms with Crippen LogP contribution in [0.25, 0.3) is 0 Å². The maximum Gasteiger partial charge on any atom is 0.203 e. The highest BCUT2D eigenvalue weighted by molar-refractivity contribution is 6.01. The highest BCUT2D eigenvalue weighted by Gasteiger charge is 2.51. The molecule has 0 spiro atoms. The quantitative estimate of drug-likeness (QED) is 0.774. The lowest BCUT2D eigenvalue weighted by Gasteiger charge is -2.35. The van der Waals surface area contributed by atoms with Crippen molar-refractivity contribution >= 4 is 5.78 Å². The Labute approximate surface area is 97.7 Å². The van der Waals surface area contributed by atoms with E-state index < -0.39 is 0 Å². The number of aliphatic hydroxyl groups excluding tert-OH is 1. The Morgan fingerprint density at radius 2 is 2.12 bits per heavy atom. The minimum absolute atomic E-state index is 0.00287. The van der Waals surface area contributed by atoms with Gasteiger partial charge in [0.2, 0.25) is 5.78 Å². The zero-order valence-corrected chi connectivity index (χ0v) is 10.5. The second kappa shape index (κ2) is 3.90. The van der Waals surface area contributed by atoms with Crippen LogP contribution in [0.3, 0.4) is 0 Å². The van der Waals surface area contributed by atoms with Gasteiger partial charge < -0.3 is 5.11 Å². The van der Waals surface area contributed by atoms with Crippen molar-refractivity contribution in [1.82, 2.24) is 0 Å². The number of allylic oxidation sites excluding steroid dienone is 2. The van der Waals surface area contributed by atoms with Crippen LogP contribution in [-0.2, 0) is 4.79 Å². The maximum absolute atomic E-state index is 12.2. The van der Waals surface area contributed by atoms with Crippen molar-refractivity contribution < 1.29 is 9.90 Å². The Hall–Kier alpha value is -0.790. The molecular formula is C14H22O2. The SMILES string of the molecule is CC(C)C[C@]1(C)C(=O)C(O)=C2CCCC[C@H]21. The van der Waals surface area contributed by atoms with Crippen LogP contribution in [0.2, 0.25) is 0 Å².